The second-order valence-corrected chi connectivity index (χ2v) is 6.19. The van der Waals surface area contributed by atoms with E-state index in [9.17, 15) is 27.6 Å². The Morgan fingerprint density at radius 3 is 2.19 bits per heavy atom. The van der Waals surface area contributed by atoms with Gasteiger partial charge in [0, 0.05) is 15.8 Å². The lowest BCUT2D eigenvalue weighted by molar-refractivity contribution is -0.137. The summed E-state index contributed by atoms with van der Waals surface area (Å²) in [5.74, 6) is -2.82. The van der Waals surface area contributed by atoms with Gasteiger partial charge in [-0.05, 0) is 42.5 Å². The van der Waals surface area contributed by atoms with Gasteiger partial charge in [0.2, 0.25) is 5.91 Å². The minimum absolute atomic E-state index is 0.0802. The first-order valence-electron chi connectivity index (χ1n) is 7.47. The predicted octanol–water partition coefficient (Wildman–Crippen LogP) is 3.16. The van der Waals surface area contributed by atoms with Crippen LogP contribution in [0.25, 0.3) is 0 Å². The zero-order valence-electron chi connectivity index (χ0n) is 13.6. The minimum Gasteiger partial charge on any atom is -0.339 e. The van der Waals surface area contributed by atoms with E-state index in [0.29, 0.717) is 5.69 Å². The SMILES string of the molecule is O=C(CNC(=O)C(=O)Nc1ccc(Br)cc1)Nc1cccc(C(F)(F)F)c1. The zero-order valence-corrected chi connectivity index (χ0v) is 15.1. The first-order chi connectivity index (χ1) is 12.6. The van der Waals surface area contributed by atoms with E-state index in [1.54, 1.807) is 24.3 Å². The second-order valence-electron chi connectivity index (χ2n) is 5.27. The van der Waals surface area contributed by atoms with Gasteiger partial charge >= 0.3 is 18.0 Å². The first-order valence-corrected chi connectivity index (χ1v) is 8.26. The van der Waals surface area contributed by atoms with Gasteiger partial charge in [0.05, 0.1) is 12.1 Å². The van der Waals surface area contributed by atoms with Crippen molar-refractivity contribution in [3.8, 4) is 0 Å². The molecule has 0 aliphatic carbocycles. The van der Waals surface area contributed by atoms with Crippen molar-refractivity contribution in [2.24, 2.45) is 0 Å². The van der Waals surface area contributed by atoms with Crippen molar-refractivity contribution >= 4 is 45.0 Å². The Morgan fingerprint density at radius 2 is 1.56 bits per heavy atom. The Kier molecular flexibility index (Phi) is 6.56. The molecule has 0 radical (unpaired) electrons. The van der Waals surface area contributed by atoms with Crippen molar-refractivity contribution in [2.75, 3.05) is 17.2 Å². The molecule has 0 saturated heterocycles. The number of rotatable bonds is 4. The van der Waals surface area contributed by atoms with Crippen LogP contribution >= 0.6 is 15.9 Å². The van der Waals surface area contributed by atoms with Crippen LogP contribution in [0.15, 0.2) is 53.0 Å². The molecular weight excluding hydrogens is 431 g/mol. The van der Waals surface area contributed by atoms with Crippen molar-refractivity contribution in [3.05, 3.63) is 58.6 Å². The number of hydrogen-bond donors (Lipinski definition) is 3. The average Bonchev–Trinajstić information content (AvgIpc) is 2.61. The van der Waals surface area contributed by atoms with Crippen LogP contribution in [0.3, 0.4) is 0 Å². The smallest absolute Gasteiger partial charge is 0.339 e. The topological polar surface area (TPSA) is 87.3 Å². The van der Waals surface area contributed by atoms with Crippen LogP contribution in [0.4, 0.5) is 24.5 Å². The van der Waals surface area contributed by atoms with Gasteiger partial charge in [0.15, 0.2) is 0 Å². The molecule has 2 aromatic rings. The van der Waals surface area contributed by atoms with Crippen LogP contribution in [-0.2, 0) is 20.6 Å². The maximum absolute atomic E-state index is 12.6. The highest BCUT2D eigenvalue weighted by Crippen LogP contribution is 2.30. The highest BCUT2D eigenvalue weighted by Gasteiger charge is 2.30. The third kappa shape index (κ3) is 6.41. The summed E-state index contributed by atoms with van der Waals surface area (Å²) >= 11 is 3.22. The molecule has 0 saturated carbocycles. The lowest BCUT2D eigenvalue weighted by Crippen LogP contribution is -2.39. The largest absolute Gasteiger partial charge is 0.416 e. The van der Waals surface area contributed by atoms with E-state index in [2.05, 4.69) is 31.9 Å². The number of alkyl halides is 3. The Morgan fingerprint density at radius 1 is 0.889 bits per heavy atom. The molecule has 0 aliphatic rings. The molecule has 0 atom stereocenters. The van der Waals surface area contributed by atoms with Gasteiger partial charge in [0.25, 0.3) is 0 Å². The normalized spacial score (nSPS) is 10.8. The highest BCUT2D eigenvalue weighted by molar-refractivity contribution is 9.10. The molecule has 0 aliphatic heterocycles. The molecule has 142 valence electrons. The standard InChI is InChI=1S/C17H13BrF3N3O3/c18-11-4-6-12(7-5-11)24-16(27)15(26)22-9-14(25)23-13-3-1-2-10(8-13)17(19,20)21/h1-8H,9H2,(H,22,26)(H,23,25)(H,24,27). The first kappa shape index (κ1) is 20.4. The molecule has 0 heterocycles. The Balaban J connectivity index is 1.85. The van der Waals surface area contributed by atoms with Crippen LogP contribution < -0.4 is 16.0 Å². The van der Waals surface area contributed by atoms with Crippen molar-refractivity contribution in [3.63, 3.8) is 0 Å². The number of nitrogens with one attached hydrogen (secondary N) is 3. The van der Waals surface area contributed by atoms with Gasteiger partial charge < -0.3 is 16.0 Å². The molecule has 27 heavy (non-hydrogen) atoms. The van der Waals surface area contributed by atoms with Crippen molar-refractivity contribution in [2.45, 2.75) is 6.18 Å². The predicted molar refractivity (Wildman–Crippen MR) is 95.9 cm³/mol. The molecule has 0 aromatic heterocycles. The fourth-order valence-corrected chi connectivity index (χ4v) is 2.20. The Hall–Kier alpha value is -2.88. The number of halogens is 4. The summed E-state index contributed by atoms with van der Waals surface area (Å²) in [6, 6.07) is 10.5. The molecule has 2 aromatic carbocycles. The maximum Gasteiger partial charge on any atom is 0.416 e. The molecule has 6 nitrogen and oxygen atoms in total. The fraction of sp³-hybridized carbons (Fsp3) is 0.118. The monoisotopic (exact) mass is 443 g/mol. The average molecular weight is 444 g/mol. The third-order valence-electron chi connectivity index (χ3n) is 3.19. The number of carbonyl (C=O) groups is 3. The van der Waals surface area contributed by atoms with Crippen molar-refractivity contribution in [1.29, 1.82) is 0 Å². The highest BCUT2D eigenvalue weighted by atomic mass is 79.9. The van der Waals surface area contributed by atoms with E-state index in [0.717, 1.165) is 22.7 Å². The Bertz CT molecular complexity index is 854. The van der Waals surface area contributed by atoms with Crippen molar-refractivity contribution < 1.29 is 27.6 Å². The zero-order chi connectivity index (χ0) is 20.0. The molecule has 3 amide bonds. The maximum atomic E-state index is 12.6. The summed E-state index contributed by atoms with van der Waals surface area (Å²) in [5.41, 5.74) is -0.617. The number of carbonyl (C=O) groups excluding carboxylic acids is 3. The lowest BCUT2D eigenvalue weighted by Gasteiger charge is -2.10. The molecule has 3 N–H and O–H groups in total. The van der Waals surface area contributed by atoms with Crippen LogP contribution in [0, 0.1) is 0 Å². The van der Waals surface area contributed by atoms with Gasteiger partial charge in [-0.2, -0.15) is 13.2 Å². The molecule has 0 bridgehead atoms. The molecule has 2 rings (SSSR count). The van der Waals surface area contributed by atoms with E-state index in [4.69, 9.17) is 0 Å². The number of benzene rings is 2. The molecule has 0 unspecified atom stereocenters. The van der Waals surface area contributed by atoms with Crippen LogP contribution in [0.2, 0.25) is 0 Å². The third-order valence-corrected chi connectivity index (χ3v) is 3.72. The van der Waals surface area contributed by atoms with Gasteiger partial charge in [0.1, 0.15) is 0 Å². The number of hydrogen-bond acceptors (Lipinski definition) is 3. The summed E-state index contributed by atoms with van der Waals surface area (Å²) in [6.07, 6.45) is -4.54. The van der Waals surface area contributed by atoms with E-state index >= 15 is 0 Å². The molecule has 10 heteroatoms. The Labute approximate surface area is 160 Å². The van der Waals surface area contributed by atoms with Gasteiger partial charge in [-0.25, -0.2) is 0 Å². The van der Waals surface area contributed by atoms with Gasteiger partial charge in [-0.15, -0.1) is 0 Å². The number of amides is 3. The van der Waals surface area contributed by atoms with Gasteiger partial charge in [-0.3, -0.25) is 14.4 Å². The summed E-state index contributed by atoms with van der Waals surface area (Å²) in [6.45, 7) is -0.581. The van der Waals surface area contributed by atoms with Crippen LogP contribution in [0.1, 0.15) is 5.56 Å². The van der Waals surface area contributed by atoms with E-state index in [-0.39, 0.29) is 5.69 Å². The minimum atomic E-state index is -4.54. The summed E-state index contributed by atoms with van der Waals surface area (Å²) in [7, 11) is 0. The number of anilines is 2. The molecular formula is C17H13BrF3N3O3. The van der Waals surface area contributed by atoms with Gasteiger partial charge in [-0.1, -0.05) is 22.0 Å². The fourth-order valence-electron chi connectivity index (χ4n) is 1.94. The second kappa shape index (κ2) is 8.67. The van der Waals surface area contributed by atoms with E-state index in [1.165, 1.54) is 6.07 Å². The van der Waals surface area contributed by atoms with E-state index in [1.807, 2.05) is 0 Å². The van der Waals surface area contributed by atoms with E-state index < -0.39 is 36.0 Å². The van der Waals surface area contributed by atoms with Crippen LogP contribution in [-0.4, -0.2) is 24.3 Å². The summed E-state index contributed by atoms with van der Waals surface area (Å²) in [5, 5.41) is 6.64. The summed E-state index contributed by atoms with van der Waals surface area (Å²) in [4.78, 5) is 35.2. The lowest BCUT2D eigenvalue weighted by atomic mass is 10.2. The van der Waals surface area contributed by atoms with Crippen LogP contribution in [0.5, 0.6) is 0 Å². The quantitative estimate of drug-likeness (QED) is 0.634. The molecule has 0 fully saturated rings. The summed E-state index contributed by atoms with van der Waals surface area (Å²) < 4.78 is 38.7. The van der Waals surface area contributed by atoms with Crippen molar-refractivity contribution in [1.82, 2.24) is 5.32 Å². The molecule has 0 spiro atoms.